The molecule has 0 spiro atoms. The highest BCUT2D eigenvalue weighted by molar-refractivity contribution is 4.88. The summed E-state index contributed by atoms with van der Waals surface area (Å²) in [5, 5.41) is 11.7. The Morgan fingerprint density at radius 3 is 2.40 bits per heavy atom. The van der Waals surface area contributed by atoms with Crippen molar-refractivity contribution in [3.8, 4) is 0 Å². The maximum absolute atomic E-state index is 11.7. The molecule has 57 valence electrons. The van der Waals surface area contributed by atoms with Crippen molar-refractivity contribution in [3.05, 3.63) is 12.7 Å². The van der Waals surface area contributed by atoms with E-state index in [4.69, 9.17) is 0 Å². The average molecular weight is 139 g/mol. The first-order valence-corrected chi connectivity index (χ1v) is 4.08. The van der Waals surface area contributed by atoms with Crippen molar-refractivity contribution in [1.29, 1.82) is 0 Å². The van der Waals surface area contributed by atoms with Gasteiger partial charge in [-0.3, -0.25) is 0 Å². The lowest BCUT2D eigenvalue weighted by Gasteiger charge is -2.28. The van der Waals surface area contributed by atoms with Gasteiger partial charge in [-0.25, -0.2) is 5.11 Å². The maximum atomic E-state index is 11.7. The second-order valence-corrected chi connectivity index (χ2v) is 3.24. The van der Waals surface area contributed by atoms with Crippen LogP contribution in [-0.4, -0.2) is 5.60 Å². The van der Waals surface area contributed by atoms with E-state index in [0.717, 1.165) is 25.7 Å². The monoisotopic (exact) mass is 139 g/mol. The van der Waals surface area contributed by atoms with Gasteiger partial charge in [0.25, 0.3) is 0 Å². The van der Waals surface area contributed by atoms with Gasteiger partial charge >= 0.3 is 0 Å². The van der Waals surface area contributed by atoms with Crippen LogP contribution < -0.4 is 0 Å². The van der Waals surface area contributed by atoms with Crippen LogP contribution in [0.5, 0.6) is 0 Å². The van der Waals surface area contributed by atoms with Crippen LogP contribution in [0, 0.1) is 0 Å². The molecular weight excluding hydrogens is 124 g/mol. The lowest BCUT2D eigenvalue weighted by molar-refractivity contribution is -0.0555. The minimum Gasteiger partial charge on any atom is -0.229 e. The molecule has 0 atom stereocenters. The maximum Gasteiger partial charge on any atom is 0.107 e. The molecule has 1 fully saturated rings. The van der Waals surface area contributed by atoms with Crippen molar-refractivity contribution >= 4 is 0 Å². The van der Waals surface area contributed by atoms with E-state index in [9.17, 15) is 5.11 Å². The van der Waals surface area contributed by atoms with Crippen LogP contribution in [0.3, 0.4) is 0 Å². The zero-order valence-corrected chi connectivity index (χ0v) is 6.44. The van der Waals surface area contributed by atoms with Gasteiger partial charge in [0.15, 0.2) is 0 Å². The molecular formula is C9H15O. The molecule has 0 amide bonds. The molecule has 1 nitrogen and oxygen atoms in total. The molecule has 1 aliphatic carbocycles. The quantitative estimate of drug-likeness (QED) is 0.524. The van der Waals surface area contributed by atoms with E-state index in [1.54, 1.807) is 6.08 Å². The van der Waals surface area contributed by atoms with Gasteiger partial charge in [0.05, 0.1) is 0 Å². The van der Waals surface area contributed by atoms with E-state index in [2.05, 4.69) is 6.58 Å². The summed E-state index contributed by atoms with van der Waals surface area (Å²) in [5.41, 5.74) is -0.639. The third kappa shape index (κ3) is 1.84. The zero-order valence-electron chi connectivity index (χ0n) is 6.44. The molecule has 1 rings (SSSR count). The van der Waals surface area contributed by atoms with E-state index in [1.165, 1.54) is 6.42 Å². The van der Waals surface area contributed by atoms with Crippen LogP contribution in [0.15, 0.2) is 12.7 Å². The largest absolute Gasteiger partial charge is 0.229 e. The minimum absolute atomic E-state index is 0.639. The van der Waals surface area contributed by atoms with Crippen LogP contribution >= 0.6 is 0 Å². The molecule has 1 saturated carbocycles. The van der Waals surface area contributed by atoms with Crippen molar-refractivity contribution in [2.75, 3.05) is 0 Å². The Bertz CT molecular complexity index is 112. The topological polar surface area (TPSA) is 19.9 Å². The Morgan fingerprint density at radius 2 is 1.90 bits per heavy atom. The molecule has 0 saturated heterocycles. The van der Waals surface area contributed by atoms with Crippen LogP contribution in [0.4, 0.5) is 0 Å². The number of hydrogen-bond acceptors (Lipinski definition) is 0. The summed E-state index contributed by atoms with van der Waals surface area (Å²) < 4.78 is 0. The lowest BCUT2D eigenvalue weighted by Crippen LogP contribution is -2.28. The summed E-state index contributed by atoms with van der Waals surface area (Å²) >= 11 is 0. The molecule has 0 bridgehead atoms. The van der Waals surface area contributed by atoms with Crippen LogP contribution in [-0.2, 0) is 5.11 Å². The Kier molecular flexibility index (Phi) is 2.50. The van der Waals surface area contributed by atoms with Gasteiger partial charge in [-0.1, -0.05) is 25.3 Å². The molecule has 0 aromatic heterocycles. The van der Waals surface area contributed by atoms with Crippen LogP contribution in [0.2, 0.25) is 0 Å². The second kappa shape index (κ2) is 3.20. The molecule has 1 aliphatic rings. The van der Waals surface area contributed by atoms with Crippen LogP contribution in [0.1, 0.15) is 38.5 Å². The molecule has 0 aliphatic heterocycles. The predicted octanol–water partition coefficient (Wildman–Crippen LogP) is 2.70. The highest BCUT2D eigenvalue weighted by Gasteiger charge is 2.29. The van der Waals surface area contributed by atoms with Gasteiger partial charge in [0.1, 0.15) is 5.60 Å². The molecule has 0 unspecified atom stereocenters. The van der Waals surface area contributed by atoms with Crippen molar-refractivity contribution in [1.82, 2.24) is 0 Å². The normalized spacial score (nSPS) is 24.1. The Morgan fingerprint density at radius 1 is 1.30 bits per heavy atom. The van der Waals surface area contributed by atoms with E-state index >= 15 is 0 Å². The van der Waals surface area contributed by atoms with E-state index in [0.29, 0.717) is 6.42 Å². The lowest BCUT2D eigenvalue weighted by atomic mass is 9.83. The minimum atomic E-state index is -0.639. The van der Waals surface area contributed by atoms with Gasteiger partial charge in [0.2, 0.25) is 0 Å². The highest BCUT2D eigenvalue weighted by atomic mass is 16.3. The molecule has 1 heteroatoms. The van der Waals surface area contributed by atoms with E-state index in [1.807, 2.05) is 0 Å². The number of hydrogen-bond donors (Lipinski definition) is 0. The molecule has 0 aromatic carbocycles. The molecule has 10 heavy (non-hydrogen) atoms. The van der Waals surface area contributed by atoms with Gasteiger partial charge in [-0.2, -0.15) is 0 Å². The van der Waals surface area contributed by atoms with Crippen LogP contribution in [0.25, 0.3) is 0 Å². The fraction of sp³-hybridized carbons (Fsp3) is 0.778. The fourth-order valence-corrected chi connectivity index (χ4v) is 1.66. The second-order valence-electron chi connectivity index (χ2n) is 3.24. The summed E-state index contributed by atoms with van der Waals surface area (Å²) in [5.74, 6) is 0. The molecule has 0 aromatic rings. The smallest absolute Gasteiger partial charge is 0.107 e. The first-order valence-electron chi connectivity index (χ1n) is 4.08. The van der Waals surface area contributed by atoms with E-state index < -0.39 is 5.60 Å². The Balaban J connectivity index is 2.39. The SMILES string of the molecule is C=CCC1([O])CCCCC1. The first-order chi connectivity index (χ1) is 4.77. The zero-order chi connectivity index (χ0) is 7.45. The summed E-state index contributed by atoms with van der Waals surface area (Å²) in [6, 6.07) is 0. The van der Waals surface area contributed by atoms with Gasteiger partial charge in [-0.05, 0) is 19.3 Å². The summed E-state index contributed by atoms with van der Waals surface area (Å²) in [6.45, 7) is 3.60. The standard InChI is InChI=1S/C9H15O/c1-2-6-9(10)7-4-3-5-8-9/h2H,1,3-8H2. The van der Waals surface area contributed by atoms with Gasteiger partial charge in [0, 0.05) is 0 Å². The van der Waals surface area contributed by atoms with Crippen molar-refractivity contribution < 1.29 is 5.11 Å². The fourth-order valence-electron chi connectivity index (χ4n) is 1.66. The molecule has 0 heterocycles. The average Bonchev–Trinajstić information content (AvgIpc) is 1.89. The Hall–Kier alpha value is -0.300. The van der Waals surface area contributed by atoms with E-state index in [-0.39, 0.29) is 0 Å². The third-order valence-electron chi connectivity index (χ3n) is 2.28. The molecule has 0 N–H and O–H groups in total. The Labute approximate surface area is 62.8 Å². The van der Waals surface area contributed by atoms with Crippen molar-refractivity contribution in [3.63, 3.8) is 0 Å². The summed E-state index contributed by atoms with van der Waals surface area (Å²) in [7, 11) is 0. The summed E-state index contributed by atoms with van der Waals surface area (Å²) in [4.78, 5) is 0. The molecule has 1 radical (unpaired) electrons. The van der Waals surface area contributed by atoms with Gasteiger partial charge < -0.3 is 0 Å². The third-order valence-corrected chi connectivity index (χ3v) is 2.28. The van der Waals surface area contributed by atoms with Crippen molar-refractivity contribution in [2.45, 2.75) is 44.1 Å². The van der Waals surface area contributed by atoms with Gasteiger partial charge in [-0.15, -0.1) is 6.58 Å². The number of rotatable bonds is 2. The predicted molar refractivity (Wildman–Crippen MR) is 41.3 cm³/mol. The summed E-state index contributed by atoms with van der Waals surface area (Å²) in [6.07, 6.45) is 7.64. The van der Waals surface area contributed by atoms with Crippen molar-refractivity contribution in [2.24, 2.45) is 0 Å². The highest BCUT2D eigenvalue weighted by Crippen LogP contribution is 2.31. The first kappa shape index (κ1) is 7.80.